The Hall–Kier alpha value is -3.29. The first-order chi connectivity index (χ1) is 13.8. The van der Waals surface area contributed by atoms with E-state index in [2.05, 4.69) is 10.3 Å². The standard InChI is InChI=1S/C21H19F3N2O3/c1-3-29-20(27)14-6-9-18-15(10-14)11-17(21(22,23)24)19(26-18)25-12-13-4-7-16(28-2)8-5-13/h4-11H,3,12H2,1-2H3,(H,25,26). The molecule has 0 saturated heterocycles. The summed E-state index contributed by atoms with van der Waals surface area (Å²) in [4.78, 5) is 16.0. The number of hydrogen-bond donors (Lipinski definition) is 1. The van der Waals surface area contributed by atoms with Gasteiger partial charge in [0.2, 0.25) is 0 Å². The number of anilines is 1. The van der Waals surface area contributed by atoms with Crippen molar-refractivity contribution in [2.24, 2.45) is 0 Å². The summed E-state index contributed by atoms with van der Waals surface area (Å²) in [6.45, 7) is 1.99. The van der Waals surface area contributed by atoms with Gasteiger partial charge in [0.05, 0.1) is 30.4 Å². The second kappa shape index (κ2) is 8.38. The lowest BCUT2D eigenvalue weighted by Gasteiger charge is -2.15. The van der Waals surface area contributed by atoms with E-state index in [9.17, 15) is 18.0 Å². The first-order valence-electron chi connectivity index (χ1n) is 8.87. The highest BCUT2D eigenvalue weighted by Gasteiger charge is 2.35. The van der Waals surface area contributed by atoms with Crippen molar-refractivity contribution in [3.63, 3.8) is 0 Å². The third-order valence-corrected chi connectivity index (χ3v) is 4.25. The van der Waals surface area contributed by atoms with Gasteiger partial charge < -0.3 is 14.8 Å². The van der Waals surface area contributed by atoms with Gasteiger partial charge in [0.25, 0.3) is 0 Å². The number of pyridine rings is 1. The van der Waals surface area contributed by atoms with Gasteiger partial charge in [-0.3, -0.25) is 0 Å². The first kappa shape index (κ1) is 20.4. The molecule has 2 aromatic carbocycles. The summed E-state index contributed by atoms with van der Waals surface area (Å²) in [6, 6.07) is 12.3. The molecule has 0 aliphatic carbocycles. The minimum atomic E-state index is -4.61. The van der Waals surface area contributed by atoms with Crippen LogP contribution in [-0.4, -0.2) is 24.7 Å². The Bertz CT molecular complexity index is 1020. The number of ether oxygens (including phenoxy) is 2. The number of rotatable bonds is 6. The van der Waals surface area contributed by atoms with Crippen LogP contribution in [0.15, 0.2) is 48.5 Å². The second-order valence-corrected chi connectivity index (χ2v) is 6.21. The van der Waals surface area contributed by atoms with Gasteiger partial charge in [0, 0.05) is 11.9 Å². The van der Waals surface area contributed by atoms with Crippen LogP contribution in [0.3, 0.4) is 0 Å². The number of alkyl halides is 3. The Balaban J connectivity index is 1.94. The van der Waals surface area contributed by atoms with Crippen LogP contribution in [0, 0.1) is 0 Å². The number of nitrogens with zero attached hydrogens (tertiary/aromatic N) is 1. The fourth-order valence-corrected chi connectivity index (χ4v) is 2.80. The van der Waals surface area contributed by atoms with Crippen molar-refractivity contribution in [3.05, 3.63) is 65.2 Å². The summed E-state index contributed by atoms with van der Waals surface area (Å²) in [5.74, 6) is -0.208. The predicted molar refractivity (Wildman–Crippen MR) is 103 cm³/mol. The molecule has 0 unspecified atom stereocenters. The number of halogens is 3. The van der Waals surface area contributed by atoms with E-state index in [4.69, 9.17) is 9.47 Å². The Morgan fingerprint density at radius 2 is 1.83 bits per heavy atom. The van der Waals surface area contributed by atoms with E-state index in [1.54, 1.807) is 31.2 Å². The van der Waals surface area contributed by atoms with Crippen molar-refractivity contribution in [2.75, 3.05) is 19.0 Å². The molecule has 8 heteroatoms. The van der Waals surface area contributed by atoms with Crippen LogP contribution in [0.4, 0.5) is 19.0 Å². The Labute approximate surface area is 165 Å². The van der Waals surface area contributed by atoms with Crippen LogP contribution in [0.25, 0.3) is 10.9 Å². The second-order valence-electron chi connectivity index (χ2n) is 6.21. The summed E-state index contributed by atoms with van der Waals surface area (Å²) < 4.78 is 50.7. The van der Waals surface area contributed by atoms with Crippen molar-refractivity contribution in [1.29, 1.82) is 0 Å². The minimum Gasteiger partial charge on any atom is -0.497 e. The quantitative estimate of drug-likeness (QED) is 0.583. The maximum atomic E-state index is 13.6. The van der Waals surface area contributed by atoms with Crippen LogP contribution in [0.1, 0.15) is 28.4 Å². The number of methoxy groups -OCH3 is 1. The summed E-state index contributed by atoms with van der Waals surface area (Å²) in [6.07, 6.45) is -4.61. The van der Waals surface area contributed by atoms with Crippen LogP contribution >= 0.6 is 0 Å². The van der Waals surface area contributed by atoms with Crippen molar-refractivity contribution >= 4 is 22.7 Å². The third-order valence-electron chi connectivity index (χ3n) is 4.25. The zero-order chi connectivity index (χ0) is 21.0. The molecular formula is C21H19F3N2O3. The number of hydrogen-bond acceptors (Lipinski definition) is 5. The highest BCUT2D eigenvalue weighted by Crippen LogP contribution is 2.36. The van der Waals surface area contributed by atoms with Gasteiger partial charge in [-0.15, -0.1) is 0 Å². The van der Waals surface area contributed by atoms with Gasteiger partial charge in [-0.05, 0) is 48.9 Å². The van der Waals surface area contributed by atoms with Crippen molar-refractivity contribution in [3.8, 4) is 5.75 Å². The summed E-state index contributed by atoms with van der Waals surface area (Å²) in [7, 11) is 1.54. The van der Waals surface area contributed by atoms with E-state index in [1.807, 2.05) is 0 Å². The number of nitrogens with one attached hydrogen (secondary N) is 1. The molecule has 5 nitrogen and oxygen atoms in total. The molecule has 3 rings (SSSR count). The summed E-state index contributed by atoms with van der Waals surface area (Å²) in [5.41, 5.74) is 0.384. The van der Waals surface area contributed by atoms with Gasteiger partial charge in [0.1, 0.15) is 11.6 Å². The van der Waals surface area contributed by atoms with Crippen molar-refractivity contribution < 1.29 is 27.4 Å². The zero-order valence-corrected chi connectivity index (χ0v) is 15.8. The molecule has 29 heavy (non-hydrogen) atoms. The number of esters is 1. The first-order valence-corrected chi connectivity index (χ1v) is 8.87. The molecule has 0 aliphatic heterocycles. The Morgan fingerprint density at radius 1 is 1.10 bits per heavy atom. The number of aromatic nitrogens is 1. The average Bonchev–Trinajstić information content (AvgIpc) is 2.71. The largest absolute Gasteiger partial charge is 0.497 e. The highest BCUT2D eigenvalue weighted by molar-refractivity contribution is 5.95. The van der Waals surface area contributed by atoms with E-state index in [0.717, 1.165) is 11.6 Å². The molecule has 0 fully saturated rings. The lowest BCUT2D eigenvalue weighted by atomic mass is 10.1. The number of carbonyl (C=O) groups excluding carboxylic acids is 1. The smallest absolute Gasteiger partial charge is 0.419 e. The van der Waals surface area contributed by atoms with Crippen LogP contribution in [0.2, 0.25) is 0 Å². The van der Waals surface area contributed by atoms with E-state index in [-0.39, 0.29) is 29.9 Å². The molecule has 0 spiro atoms. The molecule has 0 atom stereocenters. The van der Waals surface area contributed by atoms with Crippen LogP contribution < -0.4 is 10.1 Å². The van der Waals surface area contributed by atoms with Gasteiger partial charge >= 0.3 is 12.1 Å². The summed E-state index contributed by atoms with van der Waals surface area (Å²) >= 11 is 0. The van der Waals surface area contributed by atoms with Crippen LogP contribution in [0.5, 0.6) is 5.75 Å². The monoisotopic (exact) mass is 404 g/mol. The lowest BCUT2D eigenvalue weighted by molar-refractivity contribution is -0.137. The summed E-state index contributed by atoms with van der Waals surface area (Å²) in [5, 5.41) is 2.97. The third kappa shape index (κ3) is 4.77. The lowest BCUT2D eigenvalue weighted by Crippen LogP contribution is -2.13. The fourth-order valence-electron chi connectivity index (χ4n) is 2.80. The molecule has 0 saturated carbocycles. The topological polar surface area (TPSA) is 60.5 Å². The van der Waals surface area contributed by atoms with Gasteiger partial charge in [-0.1, -0.05) is 12.1 Å². The number of fused-ring (bicyclic) bond motifs is 1. The van der Waals surface area contributed by atoms with E-state index in [1.165, 1.54) is 25.3 Å². The normalized spacial score (nSPS) is 11.3. The maximum Gasteiger partial charge on any atom is 0.419 e. The van der Waals surface area contributed by atoms with Gasteiger partial charge in [-0.2, -0.15) is 13.2 Å². The van der Waals surface area contributed by atoms with Gasteiger partial charge in [-0.25, -0.2) is 9.78 Å². The molecule has 1 N–H and O–H groups in total. The molecule has 1 aromatic heterocycles. The van der Waals surface area contributed by atoms with E-state index < -0.39 is 17.7 Å². The average molecular weight is 404 g/mol. The van der Waals surface area contributed by atoms with Gasteiger partial charge in [0.15, 0.2) is 0 Å². The maximum absolute atomic E-state index is 13.6. The Morgan fingerprint density at radius 3 is 2.45 bits per heavy atom. The van der Waals surface area contributed by atoms with E-state index >= 15 is 0 Å². The molecule has 1 heterocycles. The molecule has 0 amide bonds. The molecule has 0 bridgehead atoms. The molecular weight excluding hydrogens is 385 g/mol. The minimum absolute atomic E-state index is 0.159. The van der Waals surface area contributed by atoms with Crippen molar-refractivity contribution in [2.45, 2.75) is 19.6 Å². The predicted octanol–water partition coefficient (Wildman–Crippen LogP) is 5.05. The molecule has 0 radical (unpaired) electrons. The SMILES string of the molecule is CCOC(=O)c1ccc2nc(NCc3ccc(OC)cc3)c(C(F)(F)F)cc2c1. The van der Waals surface area contributed by atoms with Crippen molar-refractivity contribution in [1.82, 2.24) is 4.98 Å². The molecule has 152 valence electrons. The molecule has 0 aliphatic rings. The number of carbonyl (C=O) groups is 1. The highest BCUT2D eigenvalue weighted by atomic mass is 19.4. The zero-order valence-electron chi connectivity index (χ0n) is 15.8. The number of benzene rings is 2. The van der Waals surface area contributed by atoms with Crippen LogP contribution in [-0.2, 0) is 17.5 Å². The molecule has 3 aromatic rings. The van der Waals surface area contributed by atoms with E-state index in [0.29, 0.717) is 11.3 Å². The fraction of sp³-hybridized carbons (Fsp3) is 0.238. The Kier molecular flexibility index (Phi) is 5.91.